The SMILES string of the molecule is Cc1nsc(N(CCO)Cc2ccccc2)n1. The Morgan fingerprint density at radius 3 is 2.65 bits per heavy atom. The van der Waals surface area contributed by atoms with Gasteiger partial charge in [-0.3, -0.25) is 0 Å². The van der Waals surface area contributed by atoms with Crippen molar-refractivity contribution in [1.82, 2.24) is 9.36 Å². The summed E-state index contributed by atoms with van der Waals surface area (Å²) in [6.07, 6.45) is 0. The minimum absolute atomic E-state index is 0.117. The van der Waals surface area contributed by atoms with Crippen molar-refractivity contribution in [1.29, 1.82) is 0 Å². The lowest BCUT2D eigenvalue weighted by Crippen LogP contribution is -2.25. The van der Waals surface area contributed by atoms with Gasteiger partial charge in [0.2, 0.25) is 5.13 Å². The summed E-state index contributed by atoms with van der Waals surface area (Å²) in [4.78, 5) is 6.39. The first-order valence-corrected chi connectivity index (χ1v) is 6.27. The number of aliphatic hydroxyl groups is 1. The van der Waals surface area contributed by atoms with Crippen LogP contribution in [0.2, 0.25) is 0 Å². The van der Waals surface area contributed by atoms with Gasteiger partial charge in [0.15, 0.2) is 0 Å². The maximum absolute atomic E-state index is 9.10. The summed E-state index contributed by atoms with van der Waals surface area (Å²) >= 11 is 1.37. The van der Waals surface area contributed by atoms with Crippen molar-refractivity contribution >= 4 is 16.7 Å². The van der Waals surface area contributed by atoms with E-state index in [0.717, 1.165) is 17.5 Å². The lowest BCUT2D eigenvalue weighted by molar-refractivity contribution is 0.301. The average molecular weight is 249 g/mol. The van der Waals surface area contributed by atoms with E-state index in [-0.39, 0.29) is 6.61 Å². The molecule has 0 atom stereocenters. The number of aromatic nitrogens is 2. The summed E-state index contributed by atoms with van der Waals surface area (Å²) < 4.78 is 4.17. The maximum atomic E-state index is 9.10. The second kappa shape index (κ2) is 5.75. The number of benzene rings is 1. The third-order valence-corrected chi connectivity index (χ3v) is 3.24. The molecule has 0 aliphatic carbocycles. The molecular formula is C12H15N3OS. The molecule has 0 saturated heterocycles. The molecule has 0 aliphatic rings. The zero-order valence-corrected chi connectivity index (χ0v) is 10.5. The van der Waals surface area contributed by atoms with Crippen molar-refractivity contribution in [3.8, 4) is 0 Å². The van der Waals surface area contributed by atoms with Crippen LogP contribution in [0.25, 0.3) is 0 Å². The van der Waals surface area contributed by atoms with Crippen molar-refractivity contribution in [3.05, 3.63) is 41.7 Å². The van der Waals surface area contributed by atoms with E-state index in [9.17, 15) is 0 Å². The zero-order valence-electron chi connectivity index (χ0n) is 9.71. The second-order valence-electron chi connectivity index (χ2n) is 3.75. The van der Waals surface area contributed by atoms with Gasteiger partial charge in [-0.1, -0.05) is 30.3 Å². The fourth-order valence-corrected chi connectivity index (χ4v) is 2.28. The minimum Gasteiger partial charge on any atom is -0.395 e. The Bertz CT molecular complexity index is 458. The molecule has 1 N–H and O–H groups in total. The molecule has 0 amide bonds. The predicted octanol–water partition coefficient (Wildman–Crippen LogP) is 1.85. The van der Waals surface area contributed by atoms with Crippen LogP contribution in [0.1, 0.15) is 11.4 Å². The van der Waals surface area contributed by atoms with E-state index in [0.29, 0.717) is 6.54 Å². The summed E-state index contributed by atoms with van der Waals surface area (Å²) in [7, 11) is 0. The van der Waals surface area contributed by atoms with Gasteiger partial charge in [-0.15, -0.1) is 0 Å². The quantitative estimate of drug-likeness (QED) is 0.878. The van der Waals surface area contributed by atoms with Crippen LogP contribution < -0.4 is 4.90 Å². The molecule has 2 rings (SSSR count). The highest BCUT2D eigenvalue weighted by Crippen LogP contribution is 2.19. The topological polar surface area (TPSA) is 49.2 Å². The molecule has 0 radical (unpaired) electrons. The Morgan fingerprint density at radius 2 is 2.06 bits per heavy atom. The summed E-state index contributed by atoms with van der Waals surface area (Å²) in [5.74, 6) is 0.779. The Morgan fingerprint density at radius 1 is 1.29 bits per heavy atom. The number of nitrogens with zero attached hydrogens (tertiary/aromatic N) is 3. The average Bonchev–Trinajstić information content (AvgIpc) is 2.77. The smallest absolute Gasteiger partial charge is 0.205 e. The normalized spacial score (nSPS) is 10.5. The highest BCUT2D eigenvalue weighted by molar-refractivity contribution is 7.09. The van der Waals surface area contributed by atoms with Crippen molar-refractivity contribution in [3.63, 3.8) is 0 Å². The van der Waals surface area contributed by atoms with Gasteiger partial charge in [0.05, 0.1) is 6.61 Å². The number of hydrogen-bond acceptors (Lipinski definition) is 5. The molecule has 1 aromatic heterocycles. The second-order valence-corrected chi connectivity index (χ2v) is 4.49. The molecule has 2 aromatic rings. The summed E-state index contributed by atoms with van der Waals surface area (Å²) in [5, 5.41) is 9.96. The first kappa shape index (κ1) is 12.0. The number of aryl methyl sites for hydroxylation is 1. The Kier molecular flexibility index (Phi) is 4.06. The van der Waals surface area contributed by atoms with Crippen molar-refractivity contribution in [2.45, 2.75) is 13.5 Å². The van der Waals surface area contributed by atoms with Gasteiger partial charge in [-0.25, -0.2) is 4.98 Å². The number of aliphatic hydroxyl groups excluding tert-OH is 1. The molecule has 0 bridgehead atoms. The van der Waals surface area contributed by atoms with E-state index >= 15 is 0 Å². The standard InChI is InChI=1S/C12H15N3OS/c1-10-13-12(17-14-10)15(7-8-16)9-11-5-3-2-4-6-11/h2-6,16H,7-9H2,1H3. The first-order chi connectivity index (χ1) is 8.29. The molecule has 0 fully saturated rings. The van der Waals surface area contributed by atoms with E-state index in [1.54, 1.807) is 0 Å². The van der Waals surface area contributed by atoms with Crippen LogP contribution in [0.15, 0.2) is 30.3 Å². The third-order valence-electron chi connectivity index (χ3n) is 2.37. The van der Waals surface area contributed by atoms with E-state index in [2.05, 4.69) is 21.5 Å². The van der Waals surface area contributed by atoms with Crippen LogP contribution in [0.3, 0.4) is 0 Å². The van der Waals surface area contributed by atoms with Gasteiger partial charge in [0.1, 0.15) is 5.82 Å². The van der Waals surface area contributed by atoms with E-state index in [1.807, 2.05) is 30.0 Å². The molecule has 1 heterocycles. The molecule has 90 valence electrons. The third kappa shape index (κ3) is 3.25. The van der Waals surface area contributed by atoms with Crippen molar-refractivity contribution < 1.29 is 5.11 Å². The van der Waals surface area contributed by atoms with Crippen LogP contribution in [-0.4, -0.2) is 27.6 Å². The Labute approximate surface area is 105 Å². The van der Waals surface area contributed by atoms with Gasteiger partial charge >= 0.3 is 0 Å². The first-order valence-electron chi connectivity index (χ1n) is 5.49. The fourth-order valence-electron chi connectivity index (χ4n) is 1.58. The molecular weight excluding hydrogens is 234 g/mol. The zero-order chi connectivity index (χ0) is 12.1. The number of rotatable bonds is 5. The van der Waals surface area contributed by atoms with Gasteiger partial charge in [0, 0.05) is 24.6 Å². The van der Waals surface area contributed by atoms with Gasteiger partial charge in [-0.2, -0.15) is 4.37 Å². The summed E-state index contributed by atoms with van der Waals surface area (Å²) in [6.45, 7) is 3.31. The highest BCUT2D eigenvalue weighted by atomic mass is 32.1. The van der Waals surface area contributed by atoms with Crippen LogP contribution >= 0.6 is 11.5 Å². The minimum atomic E-state index is 0.117. The van der Waals surface area contributed by atoms with E-state index in [4.69, 9.17) is 5.11 Å². The molecule has 0 spiro atoms. The van der Waals surface area contributed by atoms with Crippen LogP contribution in [0.5, 0.6) is 0 Å². The molecule has 0 unspecified atom stereocenters. The highest BCUT2D eigenvalue weighted by Gasteiger charge is 2.11. The summed E-state index contributed by atoms with van der Waals surface area (Å²) in [5.41, 5.74) is 1.20. The van der Waals surface area contributed by atoms with Crippen LogP contribution in [0.4, 0.5) is 5.13 Å². The Balaban J connectivity index is 2.13. The monoisotopic (exact) mass is 249 g/mol. The molecule has 1 aromatic carbocycles. The Hall–Kier alpha value is -1.46. The summed E-state index contributed by atoms with van der Waals surface area (Å²) in [6, 6.07) is 10.2. The van der Waals surface area contributed by atoms with Gasteiger partial charge in [-0.05, 0) is 12.5 Å². The molecule has 4 nitrogen and oxygen atoms in total. The molecule has 0 saturated carbocycles. The van der Waals surface area contributed by atoms with E-state index < -0.39 is 0 Å². The lowest BCUT2D eigenvalue weighted by Gasteiger charge is -2.20. The van der Waals surface area contributed by atoms with Crippen LogP contribution in [-0.2, 0) is 6.54 Å². The predicted molar refractivity (Wildman–Crippen MR) is 69.2 cm³/mol. The van der Waals surface area contributed by atoms with Crippen LogP contribution in [0, 0.1) is 6.92 Å². The number of hydrogen-bond donors (Lipinski definition) is 1. The number of anilines is 1. The van der Waals surface area contributed by atoms with Gasteiger partial charge < -0.3 is 10.0 Å². The molecule has 17 heavy (non-hydrogen) atoms. The molecule has 5 heteroatoms. The van der Waals surface area contributed by atoms with Crippen molar-refractivity contribution in [2.24, 2.45) is 0 Å². The van der Waals surface area contributed by atoms with Crippen molar-refractivity contribution in [2.75, 3.05) is 18.1 Å². The largest absolute Gasteiger partial charge is 0.395 e. The van der Waals surface area contributed by atoms with E-state index in [1.165, 1.54) is 17.1 Å². The van der Waals surface area contributed by atoms with Gasteiger partial charge in [0.25, 0.3) is 0 Å². The fraction of sp³-hybridized carbons (Fsp3) is 0.333. The maximum Gasteiger partial charge on any atom is 0.205 e. The lowest BCUT2D eigenvalue weighted by atomic mass is 10.2. The molecule has 0 aliphatic heterocycles.